The Morgan fingerprint density at radius 2 is 2.22 bits per heavy atom. The second-order valence-electron chi connectivity index (χ2n) is 8.60. The first-order valence-electron chi connectivity index (χ1n) is 12.0. The molecule has 0 aromatic carbocycles. The van der Waals surface area contributed by atoms with Crippen LogP contribution < -0.4 is 15.4 Å². The average molecular weight is 525 g/mol. The highest BCUT2D eigenvalue weighted by atomic mass is 32.2. The van der Waals surface area contributed by atoms with E-state index in [-0.39, 0.29) is 30.9 Å². The van der Waals surface area contributed by atoms with Crippen molar-refractivity contribution in [3.63, 3.8) is 0 Å². The summed E-state index contributed by atoms with van der Waals surface area (Å²) in [6.07, 6.45) is 4.93. The van der Waals surface area contributed by atoms with Gasteiger partial charge in [-0.2, -0.15) is 17.0 Å². The molecule has 2 saturated heterocycles. The van der Waals surface area contributed by atoms with E-state index in [0.717, 1.165) is 23.5 Å². The summed E-state index contributed by atoms with van der Waals surface area (Å²) in [4.78, 5) is 45.2. The summed E-state index contributed by atoms with van der Waals surface area (Å²) >= 11 is 1.84. The topological polar surface area (TPSA) is 147 Å². The van der Waals surface area contributed by atoms with Crippen molar-refractivity contribution in [3.05, 3.63) is 40.7 Å². The van der Waals surface area contributed by atoms with Crippen LogP contribution in [0, 0.1) is 11.3 Å². The van der Waals surface area contributed by atoms with E-state index < -0.39 is 0 Å². The number of hydrogen-bond acceptors (Lipinski definition) is 10. The van der Waals surface area contributed by atoms with Gasteiger partial charge in [0.15, 0.2) is 6.29 Å². The summed E-state index contributed by atoms with van der Waals surface area (Å²) in [5.74, 6) is 3.26. The molecule has 2 fully saturated rings. The Bertz CT molecular complexity index is 1180. The number of aryl methyl sites for hydroxylation is 1. The lowest BCUT2D eigenvalue weighted by Gasteiger charge is -2.27. The molecule has 0 spiro atoms. The predicted octanol–water partition coefficient (Wildman–Crippen LogP) is 2.02. The largest absolute Gasteiger partial charge is 0.488 e. The van der Waals surface area contributed by atoms with E-state index in [0.29, 0.717) is 73.7 Å². The first-order valence-corrected chi connectivity index (χ1v) is 13.2. The molecule has 2 aliphatic rings. The van der Waals surface area contributed by atoms with E-state index in [2.05, 4.69) is 26.7 Å². The van der Waals surface area contributed by atoms with Crippen LogP contribution in [0.4, 0.5) is 11.6 Å². The second kappa shape index (κ2) is 13.0. The van der Waals surface area contributed by atoms with Gasteiger partial charge in [-0.05, 0) is 36.6 Å². The van der Waals surface area contributed by atoms with Crippen molar-refractivity contribution in [2.45, 2.75) is 31.9 Å². The molecular formula is C25H28N6O5S. The van der Waals surface area contributed by atoms with Gasteiger partial charge in [0.25, 0.3) is 0 Å². The third-order valence-electron chi connectivity index (χ3n) is 6.06. The molecule has 0 aliphatic carbocycles. The summed E-state index contributed by atoms with van der Waals surface area (Å²) < 4.78 is 11.2. The molecule has 2 aromatic heterocycles. The van der Waals surface area contributed by atoms with Gasteiger partial charge >= 0.3 is 0 Å². The van der Waals surface area contributed by atoms with E-state index >= 15 is 0 Å². The Balaban J connectivity index is 1.41. The van der Waals surface area contributed by atoms with Crippen LogP contribution in [-0.2, 0) is 27.3 Å². The van der Waals surface area contributed by atoms with Crippen molar-refractivity contribution in [1.82, 2.24) is 14.9 Å². The number of aromatic nitrogens is 2. The minimum absolute atomic E-state index is 0.0168. The zero-order chi connectivity index (χ0) is 26.0. The molecule has 0 radical (unpaired) electrons. The third-order valence-corrected chi connectivity index (χ3v) is 7.20. The maximum Gasteiger partial charge on any atom is 0.248 e. The molecule has 4 heterocycles. The molecule has 11 nitrogen and oxygen atoms in total. The van der Waals surface area contributed by atoms with Gasteiger partial charge in [0.05, 0.1) is 12.8 Å². The van der Waals surface area contributed by atoms with E-state index in [1.807, 2.05) is 17.8 Å². The highest BCUT2D eigenvalue weighted by Gasteiger charge is 2.22. The van der Waals surface area contributed by atoms with E-state index in [1.165, 1.54) is 6.20 Å². The molecule has 2 amide bonds. The predicted molar refractivity (Wildman–Crippen MR) is 138 cm³/mol. The molecule has 0 bridgehead atoms. The molecule has 37 heavy (non-hydrogen) atoms. The molecule has 4 rings (SSSR count). The number of thioether (sulfide) groups is 1. The van der Waals surface area contributed by atoms with Crippen LogP contribution in [-0.4, -0.2) is 77.4 Å². The van der Waals surface area contributed by atoms with Crippen molar-refractivity contribution in [3.8, 4) is 11.8 Å². The number of nitrogens with one attached hydrogen (secondary N) is 2. The maximum atomic E-state index is 12.2. The number of rotatable bonds is 12. The molecule has 1 atom stereocenters. The van der Waals surface area contributed by atoms with Crippen LogP contribution in [0.25, 0.3) is 0 Å². The summed E-state index contributed by atoms with van der Waals surface area (Å²) in [7, 11) is 0. The molecule has 1 unspecified atom stereocenters. The Labute approximate surface area is 218 Å². The van der Waals surface area contributed by atoms with Crippen molar-refractivity contribution < 1.29 is 23.9 Å². The minimum Gasteiger partial charge on any atom is -0.488 e. The number of amides is 2. The van der Waals surface area contributed by atoms with Crippen LogP contribution in [0.3, 0.4) is 0 Å². The van der Waals surface area contributed by atoms with Crippen LogP contribution in [0.1, 0.15) is 40.0 Å². The van der Waals surface area contributed by atoms with Crippen LogP contribution in [0.15, 0.2) is 18.3 Å². The lowest BCUT2D eigenvalue weighted by atomic mass is 10.0. The summed E-state index contributed by atoms with van der Waals surface area (Å²) in [5.41, 5.74) is 1.95. The number of carbonyl (C=O) groups excluding carboxylic acids is 3. The average Bonchev–Trinajstić information content (AvgIpc) is 3.42. The molecule has 2 N–H and O–H groups in total. The number of nitrogens with zero attached hydrogens (tertiary/aromatic N) is 4. The fourth-order valence-electron chi connectivity index (χ4n) is 4.14. The van der Waals surface area contributed by atoms with Gasteiger partial charge in [-0.15, -0.1) is 0 Å². The number of morpholine rings is 1. The molecule has 12 heteroatoms. The van der Waals surface area contributed by atoms with Crippen molar-refractivity contribution in [2.75, 3.05) is 48.4 Å². The van der Waals surface area contributed by atoms with Gasteiger partial charge in [-0.3, -0.25) is 14.4 Å². The fraction of sp³-hybridized carbons (Fsp3) is 0.440. The molecular weight excluding hydrogens is 496 g/mol. The van der Waals surface area contributed by atoms with Crippen molar-refractivity contribution >= 4 is 42.0 Å². The van der Waals surface area contributed by atoms with Crippen molar-refractivity contribution in [1.29, 1.82) is 5.26 Å². The van der Waals surface area contributed by atoms with Gasteiger partial charge in [0.2, 0.25) is 12.3 Å². The number of carbonyl (C=O) groups is 3. The number of pyridine rings is 2. The normalized spacial score (nSPS) is 17.2. The lowest BCUT2D eigenvalue weighted by molar-refractivity contribution is -0.143. The Morgan fingerprint density at radius 1 is 1.32 bits per heavy atom. The minimum atomic E-state index is -0.145. The highest BCUT2D eigenvalue weighted by Crippen LogP contribution is 2.27. The number of hydrogen-bond donors (Lipinski definition) is 2. The lowest BCUT2D eigenvalue weighted by Crippen LogP contribution is -2.41. The van der Waals surface area contributed by atoms with Gasteiger partial charge in [0, 0.05) is 37.0 Å². The summed E-state index contributed by atoms with van der Waals surface area (Å²) in [6, 6.07) is 5.69. The Hall–Kier alpha value is -3.69. The highest BCUT2D eigenvalue weighted by molar-refractivity contribution is 7.99. The van der Waals surface area contributed by atoms with E-state index in [1.54, 1.807) is 11.0 Å². The van der Waals surface area contributed by atoms with Crippen LogP contribution in [0.5, 0.6) is 5.75 Å². The zero-order valence-corrected chi connectivity index (χ0v) is 21.1. The molecule has 2 aliphatic heterocycles. The van der Waals surface area contributed by atoms with Crippen LogP contribution >= 0.6 is 11.8 Å². The fourth-order valence-corrected chi connectivity index (χ4v) is 5.23. The third kappa shape index (κ3) is 6.96. The van der Waals surface area contributed by atoms with Crippen molar-refractivity contribution in [2.24, 2.45) is 0 Å². The molecule has 2 aromatic rings. The van der Waals surface area contributed by atoms with Gasteiger partial charge in [-0.1, -0.05) is 0 Å². The van der Waals surface area contributed by atoms with Crippen LogP contribution in [0.2, 0.25) is 0 Å². The first kappa shape index (κ1) is 26.4. The standard InChI is InChI=1S/C25H28N6O5S/c26-10-19-11-28-23(9-22(19)36-20-3-7-37-15-20)27-4-1-2-17-8-18(12-31-5-6-35-14-24(31)34)21(13-32)30-25(17)29-16-33/h8-9,11,13,16,20H,1-7,12,14-15H2,(H,27,28)(H,29,30,33). The summed E-state index contributed by atoms with van der Waals surface area (Å²) in [5, 5.41) is 15.2. The van der Waals surface area contributed by atoms with Gasteiger partial charge in [0.1, 0.15) is 47.4 Å². The second-order valence-corrected chi connectivity index (χ2v) is 9.75. The van der Waals surface area contributed by atoms with E-state index in [4.69, 9.17) is 9.47 Å². The SMILES string of the molecule is N#Cc1cnc(NCCCc2cc(CN3CCOCC3=O)c(C=O)nc2NC=O)cc1OC1CCSC1. The Morgan fingerprint density at radius 3 is 2.95 bits per heavy atom. The maximum absolute atomic E-state index is 12.2. The number of anilines is 2. The Kier molecular flexibility index (Phi) is 9.29. The smallest absolute Gasteiger partial charge is 0.248 e. The van der Waals surface area contributed by atoms with Gasteiger partial charge < -0.3 is 25.0 Å². The molecule has 0 saturated carbocycles. The van der Waals surface area contributed by atoms with E-state index in [9.17, 15) is 19.6 Å². The zero-order valence-electron chi connectivity index (χ0n) is 20.3. The van der Waals surface area contributed by atoms with Gasteiger partial charge in [-0.25, -0.2) is 9.97 Å². The molecule has 194 valence electrons. The number of aldehydes is 1. The number of nitriles is 1. The first-order chi connectivity index (χ1) is 18.1. The summed E-state index contributed by atoms with van der Waals surface area (Å²) in [6.45, 7) is 1.70. The monoisotopic (exact) mass is 524 g/mol. The quantitative estimate of drug-likeness (QED) is 0.312. The number of ether oxygens (including phenoxy) is 2.